The molecule has 0 bridgehead atoms. The van der Waals surface area contributed by atoms with E-state index in [1.807, 2.05) is 6.07 Å². The van der Waals surface area contributed by atoms with E-state index in [0.717, 1.165) is 15.8 Å². The highest BCUT2D eigenvalue weighted by Gasteiger charge is 2.11. The number of amides is 1. The molecule has 0 saturated heterocycles. The fourth-order valence-corrected chi connectivity index (χ4v) is 2.92. The van der Waals surface area contributed by atoms with Crippen LogP contribution in [0.2, 0.25) is 0 Å². The number of hydrogen-bond donors (Lipinski definition) is 2. The molecule has 0 radical (unpaired) electrons. The van der Waals surface area contributed by atoms with Gasteiger partial charge in [0.1, 0.15) is 5.75 Å². The number of halogens is 1. The lowest BCUT2D eigenvalue weighted by atomic mass is 10.2. The van der Waals surface area contributed by atoms with E-state index in [-0.39, 0.29) is 17.2 Å². The van der Waals surface area contributed by atoms with Crippen molar-refractivity contribution in [2.24, 2.45) is 0 Å². The van der Waals surface area contributed by atoms with Crippen LogP contribution in [0.4, 0.5) is 0 Å². The zero-order valence-corrected chi connectivity index (χ0v) is 12.8. The van der Waals surface area contributed by atoms with Gasteiger partial charge in [0.2, 0.25) is 0 Å². The van der Waals surface area contributed by atoms with Crippen LogP contribution in [-0.2, 0) is 13.0 Å². The van der Waals surface area contributed by atoms with Crippen LogP contribution in [0, 0.1) is 0 Å². The SMILES string of the molecule is CCc1ccc(CNC(=O)c2cc(Br)ccc2O)s1. The summed E-state index contributed by atoms with van der Waals surface area (Å²) >= 11 is 4.98. The first kappa shape index (κ1) is 14.1. The summed E-state index contributed by atoms with van der Waals surface area (Å²) in [6.07, 6.45) is 1.00. The van der Waals surface area contributed by atoms with Crippen molar-refractivity contribution in [2.75, 3.05) is 0 Å². The minimum atomic E-state index is -0.273. The summed E-state index contributed by atoms with van der Waals surface area (Å²) in [5.74, 6) is -0.286. The largest absolute Gasteiger partial charge is 0.507 e. The maximum atomic E-state index is 12.0. The van der Waals surface area contributed by atoms with E-state index in [0.29, 0.717) is 6.54 Å². The third-order valence-corrected chi connectivity index (χ3v) is 4.41. The van der Waals surface area contributed by atoms with Gasteiger partial charge in [0.15, 0.2) is 0 Å². The van der Waals surface area contributed by atoms with Crippen molar-refractivity contribution < 1.29 is 9.90 Å². The Morgan fingerprint density at radius 1 is 1.32 bits per heavy atom. The molecule has 100 valence electrons. The van der Waals surface area contributed by atoms with Crippen molar-refractivity contribution in [3.8, 4) is 5.75 Å². The normalized spacial score (nSPS) is 10.4. The van der Waals surface area contributed by atoms with Crippen LogP contribution in [0.3, 0.4) is 0 Å². The molecule has 1 aromatic carbocycles. The lowest BCUT2D eigenvalue weighted by Crippen LogP contribution is -2.22. The molecule has 3 nitrogen and oxygen atoms in total. The van der Waals surface area contributed by atoms with E-state index in [4.69, 9.17) is 0 Å². The third kappa shape index (κ3) is 3.58. The molecule has 19 heavy (non-hydrogen) atoms. The van der Waals surface area contributed by atoms with Crippen molar-refractivity contribution >= 4 is 33.2 Å². The van der Waals surface area contributed by atoms with E-state index in [1.54, 1.807) is 23.5 Å². The smallest absolute Gasteiger partial charge is 0.255 e. The first-order valence-electron chi connectivity index (χ1n) is 5.94. The molecular formula is C14H14BrNO2S. The fourth-order valence-electron chi connectivity index (χ4n) is 1.66. The van der Waals surface area contributed by atoms with Gasteiger partial charge in [-0.25, -0.2) is 0 Å². The Hall–Kier alpha value is -1.33. The number of benzene rings is 1. The van der Waals surface area contributed by atoms with Gasteiger partial charge in [-0.1, -0.05) is 22.9 Å². The van der Waals surface area contributed by atoms with Gasteiger partial charge in [-0.15, -0.1) is 11.3 Å². The highest BCUT2D eigenvalue weighted by molar-refractivity contribution is 9.10. The Balaban J connectivity index is 2.03. The van der Waals surface area contributed by atoms with Crippen LogP contribution in [0.25, 0.3) is 0 Å². The molecular weight excluding hydrogens is 326 g/mol. The maximum Gasteiger partial charge on any atom is 0.255 e. The quantitative estimate of drug-likeness (QED) is 0.891. The van der Waals surface area contributed by atoms with Gasteiger partial charge in [-0.2, -0.15) is 0 Å². The van der Waals surface area contributed by atoms with E-state index in [9.17, 15) is 9.90 Å². The Morgan fingerprint density at radius 3 is 2.74 bits per heavy atom. The highest BCUT2D eigenvalue weighted by Crippen LogP contribution is 2.22. The Labute approximate surface area is 124 Å². The second-order valence-corrected chi connectivity index (χ2v) is 6.23. The summed E-state index contributed by atoms with van der Waals surface area (Å²) < 4.78 is 0.764. The van der Waals surface area contributed by atoms with E-state index >= 15 is 0 Å². The molecule has 1 heterocycles. The van der Waals surface area contributed by atoms with E-state index in [1.165, 1.54) is 10.9 Å². The molecule has 2 aromatic rings. The molecule has 1 amide bonds. The summed E-state index contributed by atoms with van der Waals surface area (Å²) in [6.45, 7) is 2.59. The number of hydrogen-bond acceptors (Lipinski definition) is 3. The number of thiophene rings is 1. The molecule has 0 fully saturated rings. The lowest BCUT2D eigenvalue weighted by Gasteiger charge is -2.06. The lowest BCUT2D eigenvalue weighted by molar-refractivity contribution is 0.0948. The van der Waals surface area contributed by atoms with Crippen LogP contribution in [0.1, 0.15) is 27.0 Å². The number of carbonyl (C=O) groups excluding carboxylic acids is 1. The van der Waals surface area contributed by atoms with Gasteiger partial charge in [0, 0.05) is 14.2 Å². The van der Waals surface area contributed by atoms with Gasteiger partial charge in [0.05, 0.1) is 12.1 Å². The zero-order chi connectivity index (χ0) is 13.8. The van der Waals surface area contributed by atoms with Crippen molar-refractivity contribution in [3.05, 3.63) is 50.1 Å². The van der Waals surface area contributed by atoms with E-state index < -0.39 is 0 Å². The minimum Gasteiger partial charge on any atom is -0.507 e. The second kappa shape index (κ2) is 6.21. The van der Waals surface area contributed by atoms with Gasteiger partial charge in [-0.3, -0.25) is 4.79 Å². The first-order chi connectivity index (χ1) is 9.10. The molecule has 2 N–H and O–H groups in total. The summed E-state index contributed by atoms with van der Waals surface area (Å²) in [7, 11) is 0. The summed E-state index contributed by atoms with van der Waals surface area (Å²) in [6, 6.07) is 8.89. The van der Waals surface area contributed by atoms with Crippen LogP contribution in [0.5, 0.6) is 5.75 Å². The summed E-state index contributed by atoms with van der Waals surface area (Å²) in [4.78, 5) is 14.4. The molecule has 0 aliphatic heterocycles. The number of nitrogens with one attached hydrogen (secondary N) is 1. The van der Waals surface area contributed by atoms with Gasteiger partial charge < -0.3 is 10.4 Å². The number of rotatable bonds is 4. The number of phenolic OH excluding ortho intramolecular Hbond substituents is 1. The third-order valence-electron chi connectivity index (χ3n) is 2.69. The first-order valence-corrected chi connectivity index (χ1v) is 7.55. The molecule has 0 unspecified atom stereocenters. The van der Waals surface area contributed by atoms with Crippen molar-refractivity contribution in [3.63, 3.8) is 0 Å². The molecule has 0 aliphatic carbocycles. The van der Waals surface area contributed by atoms with Crippen molar-refractivity contribution in [1.29, 1.82) is 0 Å². The second-order valence-electron chi connectivity index (χ2n) is 4.07. The molecule has 0 aliphatic rings. The number of aromatic hydroxyl groups is 1. The fraction of sp³-hybridized carbons (Fsp3) is 0.214. The van der Waals surface area contributed by atoms with Crippen LogP contribution >= 0.6 is 27.3 Å². The Bertz CT molecular complexity index is 595. The number of aryl methyl sites for hydroxylation is 1. The summed E-state index contributed by atoms with van der Waals surface area (Å²) in [5, 5.41) is 12.5. The molecule has 2 rings (SSSR count). The van der Waals surface area contributed by atoms with Crippen molar-refractivity contribution in [1.82, 2.24) is 5.32 Å². The molecule has 0 spiro atoms. The van der Waals surface area contributed by atoms with Gasteiger partial charge in [0.25, 0.3) is 5.91 Å². The van der Waals surface area contributed by atoms with Crippen LogP contribution in [0.15, 0.2) is 34.8 Å². The zero-order valence-electron chi connectivity index (χ0n) is 10.4. The average molecular weight is 340 g/mol. The van der Waals surface area contributed by atoms with Crippen LogP contribution in [-0.4, -0.2) is 11.0 Å². The number of carbonyl (C=O) groups is 1. The molecule has 5 heteroatoms. The number of phenols is 1. The van der Waals surface area contributed by atoms with Gasteiger partial charge >= 0.3 is 0 Å². The predicted octanol–water partition coefficient (Wildman–Crippen LogP) is 3.71. The Kier molecular flexibility index (Phi) is 4.61. The summed E-state index contributed by atoms with van der Waals surface area (Å²) in [5.41, 5.74) is 0.279. The minimum absolute atomic E-state index is 0.0128. The average Bonchev–Trinajstić information content (AvgIpc) is 2.87. The van der Waals surface area contributed by atoms with E-state index in [2.05, 4.69) is 34.2 Å². The maximum absolute atomic E-state index is 12.0. The highest BCUT2D eigenvalue weighted by atomic mass is 79.9. The molecule has 1 aromatic heterocycles. The Morgan fingerprint density at radius 2 is 2.05 bits per heavy atom. The molecule has 0 saturated carbocycles. The predicted molar refractivity (Wildman–Crippen MR) is 80.7 cm³/mol. The monoisotopic (exact) mass is 339 g/mol. The van der Waals surface area contributed by atoms with Crippen LogP contribution < -0.4 is 5.32 Å². The van der Waals surface area contributed by atoms with Crippen molar-refractivity contribution in [2.45, 2.75) is 19.9 Å². The molecule has 0 atom stereocenters. The topological polar surface area (TPSA) is 49.3 Å². The standard InChI is InChI=1S/C14H14BrNO2S/c1-2-10-4-5-11(19-10)8-16-14(18)12-7-9(15)3-6-13(12)17/h3-7,17H,2,8H2,1H3,(H,16,18). The van der Waals surface area contributed by atoms with Gasteiger partial charge in [-0.05, 0) is 36.8 Å².